The van der Waals surface area contributed by atoms with Crippen LogP contribution in [0.2, 0.25) is 0 Å². The van der Waals surface area contributed by atoms with Gasteiger partial charge in [-0.2, -0.15) is 0 Å². The van der Waals surface area contributed by atoms with Crippen molar-refractivity contribution >= 4 is 5.91 Å². The summed E-state index contributed by atoms with van der Waals surface area (Å²) >= 11 is 0. The van der Waals surface area contributed by atoms with E-state index in [4.69, 9.17) is 4.74 Å². The largest absolute Gasteiger partial charge is 0.489 e. The number of benzene rings is 1. The van der Waals surface area contributed by atoms with Crippen LogP contribution < -0.4 is 10.1 Å². The van der Waals surface area contributed by atoms with Crippen molar-refractivity contribution in [2.75, 3.05) is 6.54 Å². The highest BCUT2D eigenvalue weighted by molar-refractivity contribution is 5.83. The number of imidazole rings is 1. The van der Waals surface area contributed by atoms with Crippen LogP contribution in [0.1, 0.15) is 26.5 Å². The zero-order valence-electron chi connectivity index (χ0n) is 13.8. The Hall–Kier alpha value is -2.37. The lowest BCUT2D eigenvalue weighted by atomic mass is 10.0. The van der Waals surface area contributed by atoms with Gasteiger partial charge in [-0.15, -0.1) is 0 Å². The lowest BCUT2D eigenvalue weighted by molar-refractivity contribution is -0.128. The number of rotatable bonds is 6. The summed E-state index contributed by atoms with van der Waals surface area (Å²) in [7, 11) is 0. The van der Waals surface area contributed by atoms with E-state index in [2.05, 4.69) is 10.3 Å². The molecule has 6 heteroatoms. The summed E-state index contributed by atoms with van der Waals surface area (Å²) in [4.78, 5) is 16.6. The first kappa shape index (κ1) is 17.0. The molecule has 0 aliphatic carbocycles. The number of carbonyl (C=O) groups excluding carboxylic acids is 1. The van der Waals surface area contributed by atoms with E-state index in [0.29, 0.717) is 12.3 Å². The summed E-state index contributed by atoms with van der Waals surface area (Å²) < 4.78 is 20.5. The maximum absolute atomic E-state index is 13.1. The third-order valence-electron chi connectivity index (χ3n) is 3.60. The van der Waals surface area contributed by atoms with Gasteiger partial charge in [0.2, 0.25) is 5.91 Å². The number of aromatic nitrogens is 2. The summed E-state index contributed by atoms with van der Waals surface area (Å²) in [5, 5.41) is 2.86. The SMILES string of the molecule is Cc1cn(C(C)(C)C(=O)NC[C@@H](C)Oc2cccc(F)c2)cn1. The molecule has 0 saturated heterocycles. The number of amides is 1. The van der Waals surface area contributed by atoms with Crippen LogP contribution in [0.15, 0.2) is 36.8 Å². The number of ether oxygens (including phenoxy) is 1. The van der Waals surface area contributed by atoms with Gasteiger partial charge in [0.25, 0.3) is 0 Å². The molecular formula is C17H22FN3O2. The van der Waals surface area contributed by atoms with Gasteiger partial charge in [0.1, 0.15) is 23.2 Å². The molecule has 5 nitrogen and oxygen atoms in total. The van der Waals surface area contributed by atoms with E-state index in [-0.39, 0.29) is 17.8 Å². The van der Waals surface area contributed by atoms with Crippen LogP contribution in [0.25, 0.3) is 0 Å². The Bertz CT molecular complexity index is 682. The van der Waals surface area contributed by atoms with Crippen molar-refractivity contribution in [1.29, 1.82) is 0 Å². The quantitative estimate of drug-likeness (QED) is 0.890. The fourth-order valence-corrected chi connectivity index (χ4v) is 2.11. The highest BCUT2D eigenvalue weighted by atomic mass is 19.1. The van der Waals surface area contributed by atoms with Gasteiger partial charge < -0.3 is 14.6 Å². The second-order valence-electron chi connectivity index (χ2n) is 6.08. The second kappa shape index (κ2) is 6.81. The monoisotopic (exact) mass is 319 g/mol. The number of halogens is 1. The number of hydrogen-bond acceptors (Lipinski definition) is 3. The van der Waals surface area contributed by atoms with Crippen LogP contribution in [-0.2, 0) is 10.3 Å². The number of nitrogens with one attached hydrogen (secondary N) is 1. The molecule has 0 aliphatic heterocycles. The predicted octanol–water partition coefficient (Wildman–Crippen LogP) is 2.65. The average molecular weight is 319 g/mol. The van der Waals surface area contributed by atoms with Crippen molar-refractivity contribution < 1.29 is 13.9 Å². The van der Waals surface area contributed by atoms with Crippen molar-refractivity contribution in [3.8, 4) is 5.75 Å². The van der Waals surface area contributed by atoms with Crippen molar-refractivity contribution in [2.24, 2.45) is 0 Å². The average Bonchev–Trinajstić information content (AvgIpc) is 2.92. The highest BCUT2D eigenvalue weighted by Crippen LogP contribution is 2.16. The van der Waals surface area contributed by atoms with Crippen LogP contribution in [0, 0.1) is 12.7 Å². The van der Waals surface area contributed by atoms with Crippen LogP contribution in [0.4, 0.5) is 4.39 Å². The van der Waals surface area contributed by atoms with E-state index in [1.54, 1.807) is 23.0 Å². The minimum atomic E-state index is -0.750. The van der Waals surface area contributed by atoms with Crippen molar-refractivity contribution in [2.45, 2.75) is 39.3 Å². The van der Waals surface area contributed by atoms with Crippen LogP contribution >= 0.6 is 0 Å². The molecule has 0 radical (unpaired) electrons. The zero-order chi connectivity index (χ0) is 17.0. The molecule has 0 saturated carbocycles. The summed E-state index contributed by atoms with van der Waals surface area (Å²) in [6.45, 7) is 7.66. The van der Waals surface area contributed by atoms with E-state index < -0.39 is 5.54 Å². The fourth-order valence-electron chi connectivity index (χ4n) is 2.11. The summed E-state index contributed by atoms with van der Waals surface area (Å²) in [5.41, 5.74) is 0.105. The van der Waals surface area contributed by atoms with E-state index in [1.807, 2.05) is 33.9 Å². The molecule has 0 fully saturated rings. The Balaban J connectivity index is 1.90. The Morgan fingerprint density at radius 3 is 2.83 bits per heavy atom. The first-order valence-corrected chi connectivity index (χ1v) is 7.50. The molecule has 0 bridgehead atoms. The Morgan fingerprint density at radius 1 is 1.48 bits per heavy atom. The molecule has 124 valence electrons. The standard InChI is InChI=1S/C17H22FN3O2/c1-12-10-21(11-20-12)17(3,4)16(22)19-9-13(2)23-15-7-5-6-14(18)8-15/h5-8,10-11,13H,9H2,1-4H3,(H,19,22)/t13-/m1/s1. The fraction of sp³-hybridized carbons (Fsp3) is 0.412. The van der Waals surface area contributed by atoms with Gasteiger partial charge in [-0.05, 0) is 39.8 Å². The summed E-state index contributed by atoms with van der Waals surface area (Å²) in [5.74, 6) is -0.0452. The van der Waals surface area contributed by atoms with Gasteiger partial charge in [0.15, 0.2) is 0 Å². The summed E-state index contributed by atoms with van der Waals surface area (Å²) in [6.07, 6.45) is 3.19. The summed E-state index contributed by atoms with van der Waals surface area (Å²) in [6, 6.07) is 5.94. The number of hydrogen-bond donors (Lipinski definition) is 1. The maximum Gasteiger partial charge on any atom is 0.245 e. The van der Waals surface area contributed by atoms with Gasteiger partial charge in [0.05, 0.1) is 18.6 Å². The molecule has 1 heterocycles. The van der Waals surface area contributed by atoms with Crippen LogP contribution in [-0.4, -0.2) is 28.1 Å². The molecule has 1 N–H and O–H groups in total. The highest BCUT2D eigenvalue weighted by Gasteiger charge is 2.29. The Kier molecular flexibility index (Phi) is 5.03. The lowest BCUT2D eigenvalue weighted by Gasteiger charge is -2.26. The Morgan fingerprint density at radius 2 is 2.22 bits per heavy atom. The lowest BCUT2D eigenvalue weighted by Crippen LogP contribution is -2.46. The molecule has 0 aliphatic rings. The molecule has 0 unspecified atom stereocenters. The third kappa shape index (κ3) is 4.31. The predicted molar refractivity (Wildman–Crippen MR) is 85.8 cm³/mol. The van der Waals surface area contributed by atoms with Gasteiger partial charge in [-0.1, -0.05) is 6.07 Å². The smallest absolute Gasteiger partial charge is 0.245 e. The van der Waals surface area contributed by atoms with Crippen molar-refractivity contribution in [3.63, 3.8) is 0 Å². The topological polar surface area (TPSA) is 56.2 Å². The Labute approximate surface area is 135 Å². The molecular weight excluding hydrogens is 297 g/mol. The molecule has 1 atom stereocenters. The van der Waals surface area contributed by atoms with E-state index >= 15 is 0 Å². The third-order valence-corrected chi connectivity index (χ3v) is 3.60. The molecule has 1 aromatic carbocycles. The minimum Gasteiger partial charge on any atom is -0.489 e. The van der Waals surface area contributed by atoms with Crippen molar-refractivity contribution in [1.82, 2.24) is 14.9 Å². The van der Waals surface area contributed by atoms with Crippen molar-refractivity contribution in [3.05, 3.63) is 48.3 Å². The van der Waals surface area contributed by atoms with Gasteiger partial charge in [0, 0.05) is 12.3 Å². The number of aryl methyl sites for hydroxylation is 1. The zero-order valence-corrected chi connectivity index (χ0v) is 13.8. The van der Waals surface area contributed by atoms with E-state index in [1.165, 1.54) is 12.1 Å². The molecule has 23 heavy (non-hydrogen) atoms. The van der Waals surface area contributed by atoms with E-state index in [0.717, 1.165) is 5.69 Å². The molecule has 0 spiro atoms. The van der Waals surface area contributed by atoms with Gasteiger partial charge in [-0.3, -0.25) is 4.79 Å². The molecule has 1 aromatic heterocycles. The number of carbonyl (C=O) groups is 1. The molecule has 1 amide bonds. The molecule has 2 aromatic rings. The van der Waals surface area contributed by atoms with Gasteiger partial charge >= 0.3 is 0 Å². The first-order valence-electron chi connectivity index (χ1n) is 7.50. The molecule has 2 rings (SSSR count). The van der Waals surface area contributed by atoms with Crippen LogP contribution in [0.5, 0.6) is 5.75 Å². The van der Waals surface area contributed by atoms with Crippen LogP contribution in [0.3, 0.4) is 0 Å². The second-order valence-corrected chi connectivity index (χ2v) is 6.08. The number of nitrogens with zero attached hydrogens (tertiary/aromatic N) is 2. The van der Waals surface area contributed by atoms with E-state index in [9.17, 15) is 9.18 Å². The van der Waals surface area contributed by atoms with Gasteiger partial charge in [-0.25, -0.2) is 9.37 Å². The maximum atomic E-state index is 13.1. The normalized spacial score (nSPS) is 12.7. The first-order chi connectivity index (χ1) is 10.8. The minimum absolute atomic E-state index is 0.135.